The molecule has 9 nitrogen and oxygen atoms in total. The lowest BCUT2D eigenvalue weighted by Gasteiger charge is -2.19. The van der Waals surface area contributed by atoms with Gasteiger partial charge in [0, 0.05) is 54.3 Å². The van der Waals surface area contributed by atoms with Crippen LogP contribution in [0.25, 0.3) is 18.2 Å². The van der Waals surface area contributed by atoms with Crippen molar-refractivity contribution in [3.63, 3.8) is 0 Å². The predicted molar refractivity (Wildman–Crippen MR) is 273 cm³/mol. The standard InChI is InChI=1S/3C18H25NO2.CH3FS/c3*1-5-14(11-13-9-7-6-8-10-13)15-12-16(15)19-17(20)21-18(2,3)4;1-3-2/h3*6-11,15-16H,5,12H2,1-4H3,(H,19,20);1H3/b3*14-11+;/t3*15-,16+;/m100./s1. The van der Waals surface area contributed by atoms with Crippen LogP contribution in [0.5, 0.6) is 0 Å². The summed E-state index contributed by atoms with van der Waals surface area (Å²) in [6.07, 6.45) is 13.2. The average molecular weight is 928 g/mol. The summed E-state index contributed by atoms with van der Waals surface area (Å²) in [5.74, 6) is 1.34. The van der Waals surface area contributed by atoms with E-state index in [9.17, 15) is 18.3 Å². The van der Waals surface area contributed by atoms with Gasteiger partial charge in [0.05, 0.1) is 0 Å². The smallest absolute Gasteiger partial charge is 0.407 e. The number of rotatable bonds is 12. The molecule has 362 valence electrons. The van der Waals surface area contributed by atoms with E-state index in [1.54, 1.807) is 0 Å². The second-order valence-electron chi connectivity index (χ2n) is 19.9. The molecular formula is C55H78FN3O6S. The van der Waals surface area contributed by atoms with E-state index in [-0.39, 0.29) is 48.6 Å². The highest BCUT2D eigenvalue weighted by Crippen LogP contribution is 2.42. The summed E-state index contributed by atoms with van der Waals surface area (Å²) in [5, 5.41) is 8.88. The number of ether oxygens (including phenoxy) is 3. The monoisotopic (exact) mass is 928 g/mol. The third kappa shape index (κ3) is 22.4. The molecule has 66 heavy (non-hydrogen) atoms. The van der Waals surface area contributed by atoms with Gasteiger partial charge >= 0.3 is 18.3 Å². The first-order valence-electron chi connectivity index (χ1n) is 23.5. The van der Waals surface area contributed by atoms with Crippen LogP contribution in [0.1, 0.15) is 138 Å². The van der Waals surface area contributed by atoms with Crippen molar-refractivity contribution >= 4 is 48.7 Å². The number of carbonyl (C=O) groups excluding carboxylic acids is 3. The third-order valence-electron chi connectivity index (χ3n) is 10.6. The van der Waals surface area contributed by atoms with E-state index in [0.717, 1.165) is 38.5 Å². The fourth-order valence-electron chi connectivity index (χ4n) is 7.37. The van der Waals surface area contributed by atoms with Gasteiger partial charge in [0.15, 0.2) is 0 Å². The summed E-state index contributed by atoms with van der Waals surface area (Å²) in [5.41, 5.74) is 6.50. The Morgan fingerprint density at radius 1 is 0.500 bits per heavy atom. The van der Waals surface area contributed by atoms with Gasteiger partial charge in [0.25, 0.3) is 0 Å². The number of benzene rings is 3. The Bertz CT molecular complexity index is 1810. The quantitative estimate of drug-likeness (QED) is 0.155. The molecule has 0 aliphatic heterocycles. The van der Waals surface area contributed by atoms with E-state index >= 15 is 0 Å². The molecule has 3 aromatic rings. The average Bonchev–Trinajstić information content (AvgIpc) is 4.17. The maximum atomic E-state index is 11.8. The minimum absolute atomic E-state index is 0.217. The molecule has 0 heterocycles. The van der Waals surface area contributed by atoms with Crippen molar-refractivity contribution < 1.29 is 32.5 Å². The highest BCUT2D eigenvalue weighted by molar-refractivity contribution is 7.93. The second-order valence-corrected chi connectivity index (χ2v) is 20.2. The summed E-state index contributed by atoms with van der Waals surface area (Å²) in [6.45, 7) is 23.4. The van der Waals surface area contributed by atoms with Crippen molar-refractivity contribution in [1.82, 2.24) is 16.0 Å². The highest BCUT2D eigenvalue weighted by Gasteiger charge is 2.43. The molecule has 3 N–H and O–H groups in total. The molecule has 0 bridgehead atoms. The van der Waals surface area contributed by atoms with E-state index in [1.807, 2.05) is 117 Å². The van der Waals surface area contributed by atoms with Gasteiger partial charge in [-0.3, -0.25) is 0 Å². The largest absolute Gasteiger partial charge is 0.444 e. The van der Waals surface area contributed by atoms with Gasteiger partial charge in [-0.05, 0) is 118 Å². The van der Waals surface area contributed by atoms with Crippen LogP contribution in [0.2, 0.25) is 0 Å². The molecule has 11 heteroatoms. The minimum atomic E-state index is -0.443. The van der Waals surface area contributed by atoms with Crippen molar-refractivity contribution in [2.24, 2.45) is 17.8 Å². The topological polar surface area (TPSA) is 115 Å². The van der Waals surface area contributed by atoms with Gasteiger partial charge in [-0.2, -0.15) is 3.89 Å². The molecule has 0 saturated heterocycles. The van der Waals surface area contributed by atoms with Gasteiger partial charge in [-0.25, -0.2) is 14.4 Å². The molecule has 3 aliphatic rings. The third-order valence-corrected chi connectivity index (χ3v) is 10.6. The first-order chi connectivity index (χ1) is 31.1. The Kier molecular flexibility index (Phi) is 22.1. The van der Waals surface area contributed by atoms with Gasteiger partial charge < -0.3 is 30.2 Å². The van der Waals surface area contributed by atoms with Crippen LogP contribution in [0, 0.1) is 17.8 Å². The first kappa shape index (κ1) is 55.3. The molecule has 0 aromatic heterocycles. The zero-order valence-electron chi connectivity index (χ0n) is 41.8. The first-order valence-corrected chi connectivity index (χ1v) is 24.6. The van der Waals surface area contributed by atoms with Crippen molar-refractivity contribution in [3.8, 4) is 0 Å². The van der Waals surface area contributed by atoms with Crippen LogP contribution >= 0.6 is 12.1 Å². The zero-order chi connectivity index (χ0) is 49.1. The normalized spacial score (nSPS) is 21.1. The van der Waals surface area contributed by atoms with E-state index in [1.165, 1.54) is 39.7 Å². The van der Waals surface area contributed by atoms with Crippen LogP contribution in [0.4, 0.5) is 18.3 Å². The Morgan fingerprint density at radius 3 is 0.894 bits per heavy atom. The van der Waals surface area contributed by atoms with Crippen molar-refractivity contribution in [3.05, 3.63) is 124 Å². The number of hydrogen-bond acceptors (Lipinski definition) is 7. The van der Waals surface area contributed by atoms with Crippen LogP contribution in [0.15, 0.2) is 108 Å². The maximum Gasteiger partial charge on any atom is 0.407 e. The summed E-state index contributed by atoms with van der Waals surface area (Å²) in [7, 11) is 0. The predicted octanol–water partition coefficient (Wildman–Crippen LogP) is 14.4. The van der Waals surface area contributed by atoms with E-state index in [2.05, 4.69) is 91.3 Å². The molecule has 0 radical (unpaired) electrons. The summed E-state index contributed by atoms with van der Waals surface area (Å²) >= 11 is 0.250. The summed E-state index contributed by atoms with van der Waals surface area (Å²) in [4.78, 5) is 35.3. The Balaban J connectivity index is 0.000000255. The minimum Gasteiger partial charge on any atom is -0.444 e. The van der Waals surface area contributed by atoms with Crippen molar-refractivity contribution in [1.29, 1.82) is 0 Å². The van der Waals surface area contributed by atoms with Crippen molar-refractivity contribution in [2.45, 2.75) is 157 Å². The molecule has 6 atom stereocenters. The molecule has 3 fully saturated rings. The number of halogens is 1. The summed E-state index contributed by atoms with van der Waals surface area (Å²) < 4.78 is 26.1. The fourth-order valence-corrected chi connectivity index (χ4v) is 7.37. The molecule has 3 saturated carbocycles. The Hall–Kier alpha value is -5.03. The Labute approximate surface area is 400 Å². The van der Waals surface area contributed by atoms with Crippen LogP contribution in [-0.4, -0.2) is 59.5 Å². The van der Waals surface area contributed by atoms with Crippen molar-refractivity contribution in [2.75, 3.05) is 6.26 Å². The highest BCUT2D eigenvalue weighted by atomic mass is 32.2. The Morgan fingerprint density at radius 2 is 0.712 bits per heavy atom. The lowest BCUT2D eigenvalue weighted by molar-refractivity contribution is 0.0510. The van der Waals surface area contributed by atoms with Gasteiger partial charge in [-0.15, -0.1) is 0 Å². The van der Waals surface area contributed by atoms with Crippen LogP contribution in [-0.2, 0) is 14.2 Å². The molecule has 3 aromatic carbocycles. The molecular weight excluding hydrogens is 850 g/mol. The lowest BCUT2D eigenvalue weighted by Crippen LogP contribution is -2.34. The molecule has 0 unspecified atom stereocenters. The molecule has 3 aliphatic carbocycles. The van der Waals surface area contributed by atoms with Crippen LogP contribution < -0.4 is 16.0 Å². The number of alkyl carbamates (subject to hydrolysis) is 3. The lowest BCUT2D eigenvalue weighted by atomic mass is 10.0. The zero-order valence-corrected chi connectivity index (χ0v) is 42.7. The number of carbonyl (C=O) groups is 3. The van der Waals surface area contributed by atoms with E-state index in [0.29, 0.717) is 17.8 Å². The van der Waals surface area contributed by atoms with E-state index < -0.39 is 16.8 Å². The number of hydrogen-bond donors (Lipinski definition) is 3. The van der Waals surface area contributed by atoms with Gasteiger partial charge in [-0.1, -0.05) is 147 Å². The molecule has 6 rings (SSSR count). The maximum absolute atomic E-state index is 11.8. The SMILES string of the molecule is CC/C(=C\c1ccccc1)[C@@H]1C[C@H]1NC(=O)OC(C)(C)C.CC/C(=C\c1ccccc1)[C@@H]1C[C@H]1NC(=O)OC(C)(C)C.CC/C(=C\c1ccccc1)[C@H]1C[C@@H]1NC(=O)OC(C)(C)C.CSF. The molecule has 3 amide bonds. The number of amides is 3. The summed E-state index contributed by atoms with van der Waals surface area (Å²) in [6, 6.07) is 31.6. The van der Waals surface area contributed by atoms with Gasteiger partial charge in [0.2, 0.25) is 0 Å². The second kappa shape index (κ2) is 26.3. The number of nitrogens with one attached hydrogen (secondary N) is 3. The van der Waals surface area contributed by atoms with Gasteiger partial charge in [0.1, 0.15) is 16.8 Å². The van der Waals surface area contributed by atoms with Crippen LogP contribution in [0.3, 0.4) is 0 Å². The fraction of sp³-hybridized carbons (Fsp3) is 0.509. The van der Waals surface area contributed by atoms with E-state index in [4.69, 9.17) is 14.2 Å². The molecule has 0 spiro atoms.